The largest absolute Gasteiger partial charge is 0.347 e. The zero-order chi connectivity index (χ0) is 11.9. The van der Waals surface area contributed by atoms with Gasteiger partial charge in [-0.1, -0.05) is 28.1 Å². The molecule has 0 N–H and O–H groups in total. The highest BCUT2D eigenvalue weighted by molar-refractivity contribution is 9.09. The van der Waals surface area contributed by atoms with Crippen LogP contribution in [0.1, 0.15) is 12.8 Å². The minimum absolute atomic E-state index is 0.112. The highest BCUT2D eigenvalue weighted by Crippen LogP contribution is 2.48. The third-order valence-corrected chi connectivity index (χ3v) is 4.82. The van der Waals surface area contributed by atoms with Gasteiger partial charge in [0.1, 0.15) is 0 Å². The van der Waals surface area contributed by atoms with Crippen LogP contribution in [0.25, 0.3) is 10.9 Å². The lowest BCUT2D eigenvalue weighted by molar-refractivity contribution is 0.484. The predicted molar refractivity (Wildman–Crippen MR) is 73.7 cm³/mol. The molecule has 1 aromatic carbocycles. The predicted octanol–water partition coefficient (Wildman–Crippen LogP) is 3.18. The second-order valence-electron chi connectivity index (χ2n) is 4.96. The molecule has 1 aromatic heterocycles. The number of benzene rings is 1. The van der Waals surface area contributed by atoms with Crippen molar-refractivity contribution in [2.24, 2.45) is 5.41 Å². The van der Waals surface area contributed by atoms with Crippen LogP contribution in [-0.4, -0.2) is 9.90 Å². The molecule has 17 heavy (non-hydrogen) atoms. The van der Waals surface area contributed by atoms with Crippen LogP contribution < -0.4 is 5.43 Å². The van der Waals surface area contributed by atoms with Crippen LogP contribution in [0.5, 0.6) is 0 Å². The second kappa shape index (κ2) is 3.98. The maximum Gasteiger partial charge on any atom is 0.189 e. The number of alkyl halides is 1. The van der Waals surface area contributed by atoms with Gasteiger partial charge in [0.05, 0.1) is 5.52 Å². The van der Waals surface area contributed by atoms with Gasteiger partial charge in [0.15, 0.2) is 5.43 Å². The zero-order valence-corrected chi connectivity index (χ0v) is 11.1. The van der Waals surface area contributed by atoms with Crippen molar-refractivity contribution in [3.8, 4) is 0 Å². The fourth-order valence-electron chi connectivity index (χ4n) is 2.27. The van der Waals surface area contributed by atoms with Crippen molar-refractivity contribution in [3.05, 3.63) is 46.8 Å². The normalized spacial score (nSPS) is 17.2. The summed E-state index contributed by atoms with van der Waals surface area (Å²) in [5.74, 6) is 0. The van der Waals surface area contributed by atoms with Crippen molar-refractivity contribution in [1.29, 1.82) is 0 Å². The van der Waals surface area contributed by atoms with Crippen molar-refractivity contribution in [1.82, 2.24) is 4.57 Å². The summed E-state index contributed by atoms with van der Waals surface area (Å²) in [7, 11) is 0. The third-order valence-electron chi connectivity index (χ3n) is 3.63. The van der Waals surface area contributed by atoms with Crippen LogP contribution in [-0.2, 0) is 6.54 Å². The molecule has 1 aliphatic rings. The van der Waals surface area contributed by atoms with Gasteiger partial charge in [0.2, 0.25) is 0 Å². The number of rotatable bonds is 3. The number of aromatic nitrogens is 1. The van der Waals surface area contributed by atoms with Gasteiger partial charge in [-0.05, 0) is 30.4 Å². The summed E-state index contributed by atoms with van der Waals surface area (Å²) in [5.41, 5.74) is 1.57. The molecule has 88 valence electrons. The van der Waals surface area contributed by atoms with Gasteiger partial charge in [-0.15, -0.1) is 0 Å². The van der Waals surface area contributed by atoms with Gasteiger partial charge in [0.25, 0.3) is 0 Å². The molecular formula is C14H14BrNO. The molecule has 0 unspecified atom stereocenters. The first-order chi connectivity index (χ1) is 8.24. The summed E-state index contributed by atoms with van der Waals surface area (Å²) in [6.07, 6.45) is 4.48. The van der Waals surface area contributed by atoms with Crippen LogP contribution in [0.15, 0.2) is 41.3 Å². The average Bonchev–Trinajstić information content (AvgIpc) is 3.14. The van der Waals surface area contributed by atoms with Crippen molar-refractivity contribution >= 4 is 26.8 Å². The number of fused-ring (bicyclic) bond motifs is 1. The Balaban J connectivity index is 2.11. The van der Waals surface area contributed by atoms with E-state index in [1.54, 1.807) is 6.07 Å². The van der Waals surface area contributed by atoms with E-state index in [2.05, 4.69) is 20.5 Å². The Hall–Kier alpha value is -1.09. The SMILES string of the molecule is O=c1ccn(CC2(CBr)CC2)c2ccccc12. The van der Waals surface area contributed by atoms with Gasteiger partial charge in [-0.25, -0.2) is 0 Å². The molecule has 2 aromatic rings. The highest BCUT2D eigenvalue weighted by Gasteiger charge is 2.41. The van der Waals surface area contributed by atoms with E-state index in [0.29, 0.717) is 5.41 Å². The van der Waals surface area contributed by atoms with Gasteiger partial charge in [-0.2, -0.15) is 0 Å². The number of pyridine rings is 1. The molecule has 1 aliphatic carbocycles. The molecule has 1 fully saturated rings. The Morgan fingerprint density at radius 3 is 2.71 bits per heavy atom. The molecule has 3 heteroatoms. The molecule has 0 atom stereocenters. The summed E-state index contributed by atoms with van der Waals surface area (Å²) in [5, 5.41) is 1.86. The summed E-state index contributed by atoms with van der Waals surface area (Å²) < 4.78 is 2.21. The van der Waals surface area contributed by atoms with E-state index >= 15 is 0 Å². The number of hydrogen-bond acceptors (Lipinski definition) is 1. The van der Waals surface area contributed by atoms with Crippen LogP contribution >= 0.6 is 15.9 Å². The molecule has 3 rings (SSSR count). The smallest absolute Gasteiger partial charge is 0.189 e. The van der Waals surface area contributed by atoms with E-state index < -0.39 is 0 Å². The maximum atomic E-state index is 11.8. The van der Waals surface area contributed by atoms with Crippen LogP contribution in [0, 0.1) is 5.41 Å². The maximum absolute atomic E-state index is 11.8. The summed E-state index contributed by atoms with van der Waals surface area (Å²) in [4.78, 5) is 11.8. The van der Waals surface area contributed by atoms with Gasteiger partial charge in [-0.3, -0.25) is 4.79 Å². The minimum atomic E-state index is 0.112. The second-order valence-corrected chi connectivity index (χ2v) is 5.52. The third kappa shape index (κ3) is 1.93. The fraction of sp³-hybridized carbons (Fsp3) is 0.357. The Morgan fingerprint density at radius 2 is 2.00 bits per heavy atom. The molecule has 0 aliphatic heterocycles. The van der Waals surface area contributed by atoms with Gasteiger partial charge in [0, 0.05) is 29.5 Å². The van der Waals surface area contributed by atoms with Crippen molar-refractivity contribution in [2.75, 3.05) is 5.33 Å². The van der Waals surface area contributed by atoms with Crippen molar-refractivity contribution in [2.45, 2.75) is 19.4 Å². The lowest BCUT2D eigenvalue weighted by atomic mass is 10.1. The van der Waals surface area contributed by atoms with E-state index in [-0.39, 0.29) is 5.43 Å². The van der Waals surface area contributed by atoms with E-state index in [0.717, 1.165) is 22.8 Å². The number of para-hydroxylation sites is 1. The highest BCUT2D eigenvalue weighted by atomic mass is 79.9. The van der Waals surface area contributed by atoms with E-state index in [1.807, 2.05) is 30.5 Å². The number of halogens is 1. The molecule has 1 heterocycles. The lowest BCUT2D eigenvalue weighted by Crippen LogP contribution is -2.16. The van der Waals surface area contributed by atoms with Crippen molar-refractivity contribution < 1.29 is 0 Å². The molecule has 0 radical (unpaired) electrons. The topological polar surface area (TPSA) is 22.0 Å². The van der Waals surface area contributed by atoms with Crippen LogP contribution in [0.3, 0.4) is 0 Å². The Labute approximate surface area is 108 Å². The molecule has 0 saturated heterocycles. The zero-order valence-electron chi connectivity index (χ0n) is 9.53. The minimum Gasteiger partial charge on any atom is -0.347 e. The Kier molecular flexibility index (Phi) is 2.58. The summed E-state index contributed by atoms with van der Waals surface area (Å²) in [6.45, 7) is 0.999. The Bertz CT molecular complexity index is 613. The quantitative estimate of drug-likeness (QED) is 0.796. The summed E-state index contributed by atoms with van der Waals surface area (Å²) in [6, 6.07) is 9.52. The first-order valence-corrected chi connectivity index (χ1v) is 7.00. The van der Waals surface area contributed by atoms with Crippen LogP contribution in [0.4, 0.5) is 0 Å². The first-order valence-electron chi connectivity index (χ1n) is 5.88. The van der Waals surface area contributed by atoms with E-state index in [4.69, 9.17) is 0 Å². The molecular weight excluding hydrogens is 278 g/mol. The standard InChI is InChI=1S/C14H14BrNO/c15-9-14(6-7-14)10-16-8-5-13(17)11-3-1-2-4-12(11)16/h1-5,8H,6-7,9-10H2. The summed E-state index contributed by atoms with van der Waals surface area (Å²) >= 11 is 3.59. The fourth-order valence-corrected chi connectivity index (χ4v) is 3.01. The first kappa shape index (κ1) is 11.0. The van der Waals surface area contributed by atoms with E-state index in [9.17, 15) is 4.79 Å². The molecule has 1 saturated carbocycles. The van der Waals surface area contributed by atoms with Gasteiger partial charge < -0.3 is 4.57 Å². The molecule has 2 nitrogen and oxygen atoms in total. The lowest BCUT2D eigenvalue weighted by Gasteiger charge is -2.16. The van der Waals surface area contributed by atoms with E-state index in [1.165, 1.54) is 12.8 Å². The Morgan fingerprint density at radius 1 is 1.24 bits per heavy atom. The van der Waals surface area contributed by atoms with Crippen LogP contribution in [0.2, 0.25) is 0 Å². The van der Waals surface area contributed by atoms with Crippen molar-refractivity contribution in [3.63, 3.8) is 0 Å². The number of nitrogens with zero attached hydrogens (tertiary/aromatic N) is 1. The molecule has 0 spiro atoms. The molecule has 0 amide bonds. The molecule has 0 bridgehead atoms. The monoisotopic (exact) mass is 291 g/mol. The van der Waals surface area contributed by atoms with Gasteiger partial charge >= 0.3 is 0 Å². The number of hydrogen-bond donors (Lipinski definition) is 0. The average molecular weight is 292 g/mol.